The van der Waals surface area contributed by atoms with E-state index in [0.29, 0.717) is 25.0 Å². The van der Waals surface area contributed by atoms with E-state index in [4.69, 9.17) is 9.47 Å². The third kappa shape index (κ3) is 8.49. The van der Waals surface area contributed by atoms with Crippen molar-refractivity contribution in [2.75, 3.05) is 0 Å². The van der Waals surface area contributed by atoms with Gasteiger partial charge in [0, 0.05) is 12.8 Å². The van der Waals surface area contributed by atoms with Crippen molar-refractivity contribution in [1.82, 2.24) is 0 Å². The lowest BCUT2D eigenvalue weighted by Crippen LogP contribution is -2.30. The first-order valence-electron chi connectivity index (χ1n) is 14.0. The van der Waals surface area contributed by atoms with Crippen molar-refractivity contribution in [2.45, 2.75) is 58.3 Å². The summed E-state index contributed by atoms with van der Waals surface area (Å²) in [5, 5.41) is 3.39. The summed E-state index contributed by atoms with van der Waals surface area (Å²) in [4.78, 5) is 13.9. The molecule has 0 saturated carbocycles. The van der Waals surface area contributed by atoms with E-state index in [9.17, 15) is 4.79 Å². The van der Waals surface area contributed by atoms with Gasteiger partial charge in [-0.25, -0.2) is 4.79 Å². The average Bonchev–Trinajstić information content (AvgIpc) is 2.98. The highest BCUT2D eigenvalue weighted by Gasteiger charge is 2.26. The number of ether oxygens (including phenoxy) is 2. The molecule has 0 amide bonds. The van der Waals surface area contributed by atoms with Crippen LogP contribution in [0.5, 0.6) is 0 Å². The van der Waals surface area contributed by atoms with Gasteiger partial charge in [-0.05, 0) is 48.8 Å². The van der Waals surface area contributed by atoms with Gasteiger partial charge in [0.25, 0.3) is 0 Å². The summed E-state index contributed by atoms with van der Waals surface area (Å²) in [5.74, 6) is -0.292. The highest BCUT2D eigenvalue weighted by atomic mass is 31.1. The number of rotatable bonds is 14. The van der Waals surface area contributed by atoms with Crippen LogP contribution in [0, 0.1) is 0 Å². The van der Waals surface area contributed by atoms with Crippen LogP contribution < -0.4 is 15.9 Å². The lowest BCUT2D eigenvalue weighted by Gasteiger charge is -2.26. The lowest BCUT2D eigenvalue weighted by atomic mass is 10.0. The predicted octanol–water partition coefficient (Wildman–Crippen LogP) is 7.71. The maximum Gasteiger partial charge on any atom is 0.339 e. The summed E-state index contributed by atoms with van der Waals surface area (Å²) in [6, 6.07) is 38.9. The fraction of sp³-hybridized carbons (Fsp3) is 0.250. The van der Waals surface area contributed by atoms with Crippen LogP contribution in [0.4, 0.5) is 0 Å². The van der Waals surface area contributed by atoms with Gasteiger partial charge >= 0.3 is 5.97 Å². The normalized spacial score (nSPS) is 12.6. The molecule has 4 aromatic rings. The predicted molar refractivity (Wildman–Crippen MR) is 168 cm³/mol. The Bertz CT molecular complexity index is 1300. The first-order valence-corrected chi connectivity index (χ1v) is 15.4. The summed E-state index contributed by atoms with van der Waals surface area (Å²) >= 11 is 0. The van der Waals surface area contributed by atoms with Crippen LogP contribution in [0.3, 0.4) is 0 Å². The van der Waals surface area contributed by atoms with E-state index in [1.54, 1.807) is 0 Å². The van der Waals surface area contributed by atoms with Gasteiger partial charge < -0.3 is 9.47 Å². The Morgan fingerprint density at radius 1 is 0.775 bits per heavy atom. The first-order chi connectivity index (χ1) is 19.5. The second-order valence-electron chi connectivity index (χ2n) is 10.2. The van der Waals surface area contributed by atoms with Crippen molar-refractivity contribution in [2.24, 2.45) is 0 Å². The number of carbonyl (C=O) groups excluding carboxylic acids is 1. The van der Waals surface area contributed by atoms with Crippen molar-refractivity contribution in [1.29, 1.82) is 0 Å². The van der Waals surface area contributed by atoms with E-state index in [0.717, 1.165) is 29.3 Å². The Labute approximate surface area is 240 Å². The molecule has 0 bridgehead atoms. The van der Waals surface area contributed by atoms with Crippen LogP contribution in [0.2, 0.25) is 0 Å². The molecule has 4 aromatic carbocycles. The SMILES string of the molecule is C=C(C)C[C@@H](C[C@H](CCC)OCc1ccccc1)OC(=O)c1ccccc1P(c1ccccc1)c1ccccc1. The van der Waals surface area contributed by atoms with Gasteiger partial charge in [-0.2, -0.15) is 0 Å². The van der Waals surface area contributed by atoms with Crippen molar-refractivity contribution >= 4 is 29.8 Å². The standard InChI is InChI=1S/C36H39O3P/c1-4-16-30(38-27-29-17-8-5-9-18-29)26-31(25-28(2)3)39-36(37)34-23-14-15-24-35(34)40(32-19-10-6-11-20-32)33-21-12-7-13-22-33/h5-15,17-24,30-31H,2,4,16,25-27H2,1,3H3/t30-,31-/m0/s1. The van der Waals surface area contributed by atoms with E-state index in [1.165, 1.54) is 10.6 Å². The molecule has 0 aromatic heterocycles. The number of carbonyl (C=O) groups is 1. The van der Waals surface area contributed by atoms with Crippen LogP contribution in [0.1, 0.15) is 55.5 Å². The van der Waals surface area contributed by atoms with E-state index >= 15 is 0 Å². The summed E-state index contributed by atoms with van der Waals surface area (Å²) in [5.41, 5.74) is 2.74. The summed E-state index contributed by atoms with van der Waals surface area (Å²) < 4.78 is 12.6. The molecular formula is C36H39O3P. The molecule has 4 rings (SSSR count). The molecule has 0 aliphatic rings. The molecule has 0 heterocycles. The Balaban J connectivity index is 1.58. The minimum Gasteiger partial charge on any atom is -0.458 e. The average molecular weight is 551 g/mol. The second-order valence-corrected chi connectivity index (χ2v) is 12.3. The first kappa shape index (κ1) is 29.5. The topological polar surface area (TPSA) is 35.5 Å². The monoisotopic (exact) mass is 550 g/mol. The number of hydrogen-bond acceptors (Lipinski definition) is 3. The molecule has 40 heavy (non-hydrogen) atoms. The molecular weight excluding hydrogens is 511 g/mol. The number of esters is 1. The Morgan fingerprint density at radius 3 is 1.90 bits per heavy atom. The number of benzene rings is 4. The minimum atomic E-state index is -0.938. The van der Waals surface area contributed by atoms with Gasteiger partial charge in [-0.3, -0.25) is 0 Å². The van der Waals surface area contributed by atoms with Gasteiger partial charge in [0.15, 0.2) is 0 Å². The molecule has 0 unspecified atom stereocenters. The number of hydrogen-bond donors (Lipinski definition) is 0. The van der Waals surface area contributed by atoms with Crippen LogP contribution in [-0.2, 0) is 16.1 Å². The molecule has 2 atom stereocenters. The third-order valence-corrected chi connectivity index (χ3v) is 9.21. The maximum atomic E-state index is 13.9. The summed E-state index contributed by atoms with van der Waals surface area (Å²) in [6.07, 6.45) is 2.81. The maximum absolute atomic E-state index is 13.9. The minimum absolute atomic E-state index is 0.0108. The molecule has 0 radical (unpaired) electrons. The third-order valence-electron chi connectivity index (χ3n) is 6.71. The molecule has 4 heteroatoms. The van der Waals surface area contributed by atoms with Crippen LogP contribution in [0.15, 0.2) is 127 Å². The van der Waals surface area contributed by atoms with Crippen LogP contribution in [-0.4, -0.2) is 18.2 Å². The lowest BCUT2D eigenvalue weighted by molar-refractivity contribution is -0.0160. The van der Waals surface area contributed by atoms with Gasteiger partial charge in [0.1, 0.15) is 6.10 Å². The van der Waals surface area contributed by atoms with Crippen molar-refractivity contribution in [3.63, 3.8) is 0 Å². The van der Waals surface area contributed by atoms with Crippen molar-refractivity contribution < 1.29 is 14.3 Å². The van der Waals surface area contributed by atoms with Gasteiger partial charge in [-0.15, -0.1) is 6.58 Å². The molecule has 3 nitrogen and oxygen atoms in total. The van der Waals surface area contributed by atoms with Crippen molar-refractivity contribution in [3.05, 3.63) is 139 Å². The zero-order chi connectivity index (χ0) is 28.2. The highest BCUT2D eigenvalue weighted by Crippen LogP contribution is 2.34. The second kappa shape index (κ2) is 15.3. The fourth-order valence-electron chi connectivity index (χ4n) is 4.87. The van der Waals surface area contributed by atoms with E-state index in [1.807, 2.05) is 55.5 Å². The van der Waals surface area contributed by atoms with E-state index < -0.39 is 7.92 Å². The molecule has 0 N–H and O–H groups in total. The van der Waals surface area contributed by atoms with Crippen LogP contribution in [0.25, 0.3) is 0 Å². The molecule has 0 fully saturated rings. The Kier molecular flexibility index (Phi) is 11.3. The molecule has 206 valence electrons. The zero-order valence-corrected chi connectivity index (χ0v) is 24.4. The summed E-state index contributed by atoms with van der Waals surface area (Å²) in [7, 11) is -0.938. The highest BCUT2D eigenvalue weighted by molar-refractivity contribution is 7.80. The zero-order valence-electron chi connectivity index (χ0n) is 23.5. The van der Waals surface area contributed by atoms with Gasteiger partial charge in [0.05, 0.1) is 18.3 Å². The van der Waals surface area contributed by atoms with E-state index in [2.05, 4.69) is 80.2 Å². The quantitative estimate of drug-likeness (QED) is 0.0916. The molecule has 0 aliphatic carbocycles. The Morgan fingerprint density at radius 2 is 1.32 bits per heavy atom. The largest absolute Gasteiger partial charge is 0.458 e. The van der Waals surface area contributed by atoms with Gasteiger partial charge in [-0.1, -0.05) is 128 Å². The Hall–Kier alpha value is -3.52. The van der Waals surface area contributed by atoms with Crippen molar-refractivity contribution in [3.8, 4) is 0 Å². The van der Waals surface area contributed by atoms with Gasteiger partial charge in [0.2, 0.25) is 0 Å². The van der Waals surface area contributed by atoms with E-state index in [-0.39, 0.29) is 18.2 Å². The smallest absolute Gasteiger partial charge is 0.339 e. The summed E-state index contributed by atoms with van der Waals surface area (Å²) in [6.45, 7) is 8.80. The molecule has 0 saturated heterocycles. The molecule has 0 aliphatic heterocycles. The molecule has 0 spiro atoms. The fourth-order valence-corrected chi connectivity index (χ4v) is 7.31. The van der Waals surface area contributed by atoms with Crippen LogP contribution >= 0.6 is 7.92 Å².